The number of nitrogens with zero attached hydrogens (tertiary/aromatic N) is 3. The van der Waals surface area contributed by atoms with E-state index < -0.39 is 0 Å². The molecule has 3 heterocycles. The van der Waals surface area contributed by atoms with Crippen molar-refractivity contribution in [1.29, 1.82) is 0 Å². The summed E-state index contributed by atoms with van der Waals surface area (Å²) >= 11 is 0. The van der Waals surface area contributed by atoms with Crippen LogP contribution in [-0.4, -0.2) is 52.7 Å². The van der Waals surface area contributed by atoms with Gasteiger partial charge in [-0.1, -0.05) is 0 Å². The molecule has 1 fully saturated rings. The molecule has 3 amide bonds. The highest BCUT2D eigenvalue weighted by Gasteiger charge is 2.21. The molecule has 2 N–H and O–H groups in total. The molecular formula is C20H25N5O3. The van der Waals surface area contributed by atoms with Crippen molar-refractivity contribution < 1.29 is 14.3 Å². The molecule has 8 nitrogen and oxygen atoms in total. The Balaban J connectivity index is 1.28. The summed E-state index contributed by atoms with van der Waals surface area (Å²) in [7, 11) is 0. The van der Waals surface area contributed by atoms with Crippen LogP contribution in [0.1, 0.15) is 29.0 Å². The van der Waals surface area contributed by atoms with Crippen LogP contribution >= 0.6 is 0 Å². The number of nitrogens with one attached hydrogen (secondary N) is 2. The minimum atomic E-state index is -0.161. The SMILES string of the molecule is O=C(NCC1CCOCC1)c1ccc(NC(=O)N2CCn3ccnc3C2)cc1. The highest BCUT2D eigenvalue weighted by atomic mass is 16.5. The van der Waals surface area contributed by atoms with E-state index in [1.54, 1.807) is 35.4 Å². The number of benzene rings is 1. The molecule has 1 aromatic heterocycles. The Morgan fingerprint density at radius 3 is 2.71 bits per heavy atom. The second-order valence-electron chi connectivity index (χ2n) is 7.23. The molecule has 1 aromatic carbocycles. The third kappa shape index (κ3) is 4.33. The van der Waals surface area contributed by atoms with Gasteiger partial charge in [-0.3, -0.25) is 4.79 Å². The first kappa shape index (κ1) is 18.5. The summed E-state index contributed by atoms with van der Waals surface area (Å²) < 4.78 is 7.39. The molecule has 0 atom stereocenters. The number of carbonyl (C=O) groups excluding carboxylic acids is 2. The molecule has 2 aliphatic rings. The first-order valence-electron chi connectivity index (χ1n) is 9.71. The molecule has 148 valence electrons. The number of rotatable bonds is 4. The fraction of sp³-hybridized carbons (Fsp3) is 0.450. The third-order valence-electron chi connectivity index (χ3n) is 5.32. The van der Waals surface area contributed by atoms with Gasteiger partial charge >= 0.3 is 6.03 Å². The number of imidazole rings is 1. The average Bonchev–Trinajstić information content (AvgIpc) is 3.21. The van der Waals surface area contributed by atoms with Crippen molar-refractivity contribution in [3.63, 3.8) is 0 Å². The molecule has 4 rings (SSSR count). The van der Waals surface area contributed by atoms with Crippen LogP contribution in [0.2, 0.25) is 0 Å². The van der Waals surface area contributed by atoms with Crippen molar-refractivity contribution in [2.45, 2.75) is 25.9 Å². The monoisotopic (exact) mass is 383 g/mol. The first-order valence-corrected chi connectivity index (χ1v) is 9.71. The maximum atomic E-state index is 12.5. The van der Waals surface area contributed by atoms with E-state index in [-0.39, 0.29) is 11.9 Å². The Hall–Kier alpha value is -2.87. The minimum Gasteiger partial charge on any atom is -0.381 e. The molecule has 0 bridgehead atoms. The van der Waals surface area contributed by atoms with Crippen LogP contribution < -0.4 is 10.6 Å². The van der Waals surface area contributed by atoms with Crippen LogP contribution in [0.3, 0.4) is 0 Å². The summed E-state index contributed by atoms with van der Waals surface area (Å²) in [4.78, 5) is 30.8. The molecule has 8 heteroatoms. The van der Waals surface area contributed by atoms with Crippen LogP contribution in [-0.2, 0) is 17.8 Å². The van der Waals surface area contributed by atoms with E-state index in [1.165, 1.54) is 0 Å². The smallest absolute Gasteiger partial charge is 0.322 e. The van der Waals surface area contributed by atoms with Gasteiger partial charge in [0.05, 0.1) is 6.54 Å². The number of hydrogen-bond acceptors (Lipinski definition) is 4. The van der Waals surface area contributed by atoms with E-state index in [0.29, 0.717) is 36.8 Å². The third-order valence-corrected chi connectivity index (χ3v) is 5.32. The molecule has 0 unspecified atom stereocenters. The number of fused-ring (bicyclic) bond motifs is 1. The lowest BCUT2D eigenvalue weighted by Gasteiger charge is -2.27. The summed E-state index contributed by atoms with van der Waals surface area (Å²) in [6, 6.07) is 6.82. The highest BCUT2D eigenvalue weighted by molar-refractivity contribution is 5.95. The summed E-state index contributed by atoms with van der Waals surface area (Å²) in [6.45, 7) is 4.09. The summed E-state index contributed by atoms with van der Waals surface area (Å²) in [5.41, 5.74) is 1.25. The van der Waals surface area contributed by atoms with Crippen LogP contribution in [0.15, 0.2) is 36.7 Å². The maximum Gasteiger partial charge on any atom is 0.322 e. The van der Waals surface area contributed by atoms with Crippen molar-refractivity contribution in [1.82, 2.24) is 19.8 Å². The van der Waals surface area contributed by atoms with E-state index in [9.17, 15) is 9.59 Å². The molecule has 0 aliphatic carbocycles. The Morgan fingerprint density at radius 1 is 1.14 bits per heavy atom. The number of carbonyl (C=O) groups is 2. The van der Waals surface area contributed by atoms with E-state index in [4.69, 9.17) is 4.74 Å². The Kier molecular flexibility index (Phi) is 5.57. The van der Waals surface area contributed by atoms with E-state index >= 15 is 0 Å². The van der Waals surface area contributed by atoms with Crippen LogP contribution in [0.5, 0.6) is 0 Å². The van der Waals surface area contributed by atoms with Gasteiger partial charge in [-0.15, -0.1) is 0 Å². The second kappa shape index (κ2) is 8.43. The summed E-state index contributed by atoms with van der Waals surface area (Å²) in [6.07, 6.45) is 5.66. The van der Waals surface area contributed by atoms with Crippen molar-refractivity contribution in [3.05, 3.63) is 48.0 Å². The van der Waals surface area contributed by atoms with Crippen LogP contribution in [0, 0.1) is 5.92 Å². The Bertz CT molecular complexity index is 827. The molecule has 28 heavy (non-hydrogen) atoms. The predicted molar refractivity (Wildman–Crippen MR) is 104 cm³/mol. The lowest BCUT2D eigenvalue weighted by molar-refractivity contribution is 0.0642. The number of hydrogen-bond donors (Lipinski definition) is 2. The van der Waals surface area contributed by atoms with Crippen molar-refractivity contribution in [2.75, 3.05) is 31.6 Å². The van der Waals surface area contributed by atoms with Gasteiger partial charge in [0.1, 0.15) is 5.82 Å². The molecule has 1 saturated heterocycles. The van der Waals surface area contributed by atoms with Crippen LogP contribution in [0.25, 0.3) is 0 Å². The van der Waals surface area contributed by atoms with Gasteiger partial charge in [0.15, 0.2) is 0 Å². The molecular weight excluding hydrogens is 358 g/mol. The topological polar surface area (TPSA) is 88.5 Å². The number of amides is 3. The zero-order valence-corrected chi connectivity index (χ0v) is 15.8. The van der Waals surface area contributed by atoms with E-state index in [1.807, 2.05) is 6.20 Å². The fourth-order valence-electron chi connectivity index (χ4n) is 3.54. The summed E-state index contributed by atoms with van der Waals surface area (Å²) in [5, 5.41) is 5.88. The normalized spacial score (nSPS) is 17.1. The van der Waals surface area contributed by atoms with Gasteiger partial charge in [0.2, 0.25) is 0 Å². The fourth-order valence-corrected chi connectivity index (χ4v) is 3.54. The van der Waals surface area contributed by atoms with E-state index in [0.717, 1.165) is 38.4 Å². The predicted octanol–water partition coefficient (Wildman–Crippen LogP) is 2.09. The van der Waals surface area contributed by atoms with E-state index in [2.05, 4.69) is 20.2 Å². The average molecular weight is 383 g/mol. The molecule has 0 radical (unpaired) electrons. The zero-order valence-electron chi connectivity index (χ0n) is 15.8. The molecule has 0 spiro atoms. The highest BCUT2D eigenvalue weighted by Crippen LogP contribution is 2.16. The second-order valence-corrected chi connectivity index (χ2v) is 7.23. The number of urea groups is 1. The summed E-state index contributed by atoms with van der Waals surface area (Å²) in [5.74, 6) is 1.28. The molecule has 2 aromatic rings. The van der Waals surface area contributed by atoms with Crippen molar-refractivity contribution in [3.8, 4) is 0 Å². The Labute approximate surface area is 163 Å². The minimum absolute atomic E-state index is 0.0905. The maximum absolute atomic E-state index is 12.5. The number of anilines is 1. The number of aromatic nitrogens is 2. The van der Waals surface area contributed by atoms with Crippen molar-refractivity contribution in [2.24, 2.45) is 5.92 Å². The van der Waals surface area contributed by atoms with Crippen LogP contribution in [0.4, 0.5) is 10.5 Å². The standard InChI is InChI=1S/C20H25N5O3/c26-19(22-13-15-5-11-28-12-6-15)16-1-3-17(4-2-16)23-20(27)25-10-9-24-8-7-21-18(24)14-25/h1-4,7-8,15H,5-6,9-14H2,(H,22,26)(H,23,27). The molecule has 2 aliphatic heterocycles. The van der Waals surface area contributed by atoms with Gasteiger partial charge in [0, 0.05) is 56.5 Å². The largest absolute Gasteiger partial charge is 0.381 e. The van der Waals surface area contributed by atoms with Gasteiger partial charge in [-0.25, -0.2) is 9.78 Å². The van der Waals surface area contributed by atoms with Gasteiger partial charge in [-0.2, -0.15) is 0 Å². The lowest BCUT2D eigenvalue weighted by Crippen LogP contribution is -2.40. The van der Waals surface area contributed by atoms with Crippen molar-refractivity contribution >= 4 is 17.6 Å². The van der Waals surface area contributed by atoms with Gasteiger partial charge < -0.3 is 24.8 Å². The van der Waals surface area contributed by atoms with Gasteiger partial charge in [-0.05, 0) is 43.0 Å². The Morgan fingerprint density at radius 2 is 1.93 bits per heavy atom. The quantitative estimate of drug-likeness (QED) is 0.846. The number of ether oxygens (including phenoxy) is 1. The molecule has 0 saturated carbocycles. The lowest BCUT2D eigenvalue weighted by atomic mass is 10.0. The first-order chi connectivity index (χ1) is 13.7. The zero-order chi connectivity index (χ0) is 19.3. The van der Waals surface area contributed by atoms with Gasteiger partial charge in [0.25, 0.3) is 5.91 Å².